The van der Waals surface area contributed by atoms with Crippen molar-refractivity contribution in [3.05, 3.63) is 16.1 Å². The maximum atomic E-state index is 10.6. The van der Waals surface area contributed by atoms with Gasteiger partial charge in [-0.3, -0.25) is 4.79 Å². The van der Waals surface area contributed by atoms with Gasteiger partial charge in [-0.1, -0.05) is 11.3 Å². The molecule has 1 rings (SSSR count). The van der Waals surface area contributed by atoms with Crippen molar-refractivity contribution in [2.45, 2.75) is 19.9 Å². The van der Waals surface area contributed by atoms with Crippen LogP contribution in [0, 0.1) is 6.92 Å². The van der Waals surface area contributed by atoms with E-state index in [0.717, 1.165) is 10.6 Å². The van der Waals surface area contributed by atoms with Gasteiger partial charge in [0.2, 0.25) is 12.1 Å². The average Bonchev–Trinajstić information content (AvgIpc) is 2.36. The largest absolute Gasteiger partial charge is 0.396 e. The lowest BCUT2D eigenvalue weighted by Gasteiger charge is -1.92. The molecule has 0 bridgehead atoms. The molecule has 1 amide bonds. The van der Waals surface area contributed by atoms with E-state index in [1.165, 1.54) is 11.3 Å². The van der Waals surface area contributed by atoms with Gasteiger partial charge in [-0.25, -0.2) is 0 Å². The molecule has 0 radical (unpaired) electrons. The number of carbonyl (C=O) groups excluding carboxylic acids is 1. The summed E-state index contributed by atoms with van der Waals surface area (Å²) in [6.45, 7) is 2.27. The topological polar surface area (TPSA) is 67.2 Å². The number of aliphatic hydroxyl groups excluding tert-OH is 1. The number of nitrogens with zero attached hydrogens (tertiary/aromatic N) is 1. The van der Waals surface area contributed by atoms with Crippen LogP contribution in [0.5, 0.6) is 0 Å². The fourth-order valence-electron chi connectivity index (χ4n) is 1.12. The Balaban J connectivity index is 2.79. The summed E-state index contributed by atoms with van der Waals surface area (Å²) in [5.74, 6) is -0.346. The van der Waals surface area contributed by atoms with Crippen LogP contribution in [0.4, 0.5) is 0 Å². The summed E-state index contributed by atoms with van der Waals surface area (Å²) < 4.78 is 1.80. The lowest BCUT2D eigenvalue weighted by atomic mass is 10.3. The van der Waals surface area contributed by atoms with Crippen molar-refractivity contribution in [1.29, 1.82) is 0 Å². The van der Waals surface area contributed by atoms with E-state index in [0.29, 0.717) is 6.42 Å². The first-order chi connectivity index (χ1) is 6.15. The van der Waals surface area contributed by atoms with Gasteiger partial charge in [0.25, 0.3) is 5.91 Å². The number of carbonyl (C=O) groups is 1. The highest BCUT2D eigenvalue weighted by molar-refractivity contribution is 7.09. The summed E-state index contributed by atoms with van der Waals surface area (Å²) in [6, 6.07) is 0. The second kappa shape index (κ2) is 4.34. The van der Waals surface area contributed by atoms with E-state index in [2.05, 4.69) is 0 Å². The third kappa shape index (κ3) is 2.50. The Labute approximate surface area is 80.6 Å². The Morgan fingerprint density at radius 3 is 3.00 bits per heavy atom. The molecule has 1 aromatic rings. The number of hydrogen-bond donors (Lipinski definition) is 2. The second-order valence-electron chi connectivity index (χ2n) is 2.80. The van der Waals surface area contributed by atoms with Crippen LogP contribution in [-0.2, 0) is 17.8 Å². The Kier molecular flexibility index (Phi) is 3.39. The molecule has 0 unspecified atom stereocenters. The molecule has 1 aromatic heterocycles. The smallest absolute Gasteiger partial charge is 0.283 e. The molecule has 0 aliphatic rings. The number of rotatable bonds is 4. The lowest BCUT2D eigenvalue weighted by molar-refractivity contribution is -0.685. The van der Waals surface area contributed by atoms with Crippen LogP contribution in [0.25, 0.3) is 0 Å². The summed E-state index contributed by atoms with van der Waals surface area (Å²) in [7, 11) is 0. The Hall–Kier alpha value is -0.940. The molecule has 0 spiro atoms. The Bertz CT molecular complexity index is 309. The van der Waals surface area contributed by atoms with Crippen molar-refractivity contribution in [2.75, 3.05) is 6.61 Å². The van der Waals surface area contributed by atoms with Crippen LogP contribution in [0.15, 0.2) is 5.51 Å². The standard InChI is InChI=1S/C8H12N2O2S/c1-6-7(2-3-11)13-5-10(6)4-8(9)12/h5,11H,2-4H2,1H3,(H-,9,12)/p+1. The van der Waals surface area contributed by atoms with Gasteiger partial charge in [0, 0.05) is 20.0 Å². The fourth-order valence-corrected chi connectivity index (χ4v) is 2.10. The molecule has 0 saturated carbocycles. The minimum Gasteiger partial charge on any atom is -0.396 e. The number of aliphatic hydroxyl groups is 1. The summed E-state index contributed by atoms with van der Waals surface area (Å²) in [5, 5.41) is 8.74. The van der Waals surface area contributed by atoms with Crippen molar-refractivity contribution >= 4 is 17.2 Å². The van der Waals surface area contributed by atoms with Crippen molar-refractivity contribution in [3.8, 4) is 0 Å². The van der Waals surface area contributed by atoms with E-state index in [4.69, 9.17) is 10.8 Å². The molecule has 0 aliphatic carbocycles. The van der Waals surface area contributed by atoms with Crippen LogP contribution in [0.3, 0.4) is 0 Å². The van der Waals surface area contributed by atoms with Gasteiger partial charge in [-0.2, -0.15) is 4.57 Å². The van der Waals surface area contributed by atoms with Gasteiger partial charge >= 0.3 is 0 Å². The maximum Gasteiger partial charge on any atom is 0.283 e. The van der Waals surface area contributed by atoms with Crippen LogP contribution in [0.1, 0.15) is 10.6 Å². The summed E-state index contributed by atoms with van der Waals surface area (Å²) >= 11 is 1.54. The van der Waals surface area contributed by atoms with Gasteiger partial charge in [-0.05, 0) is 0 Å². The molecule has 5 heteroatoms. The van der Waals surface area contributed by atoms with Gasteiger partial charge in [0.1, 0.15) is 0 Å². The molecule has 13 heavy (non-hydrogen) atoms. The van der Waals surface area contributed by atoms with Gasteiger partial charge in [0.05, 0.1) is 4.88 Å². The maximum absolute atomic E-state index is 10.6. The fraction of sp³-hybridized carbons (Fsp3) is 0.500. The number of hydrogen-bond acceptors (Lipinski definition) is 3. The van der Waals surface area contributed by atoms with Crippen LogP contribution in [-0.4, -0.2) is 17.6 Å². The molecule has 4 nitrogen and oxygen atoms in total. The predicted molar refractivity (Wildman–Crippen MR) is 49.2 cm³/mol. The third-order valence-electron chi connectivity index (χ3n) is 1.82. The molecular formula is C8H13N2O2S+. The highest BCUT2D eigenvalue weighted by Crippen LogP contribution is 2.10. The molecule has 0 aromatic carbocycles. The van der Waals surface area contributed by atoms with Crippen LogP contribution < -0.4 is 10.3 Å². The number of thiazole rings is 1. The van der Waals surface area contributed by atoms with Crippen LogP contribution in [0.2, 0.25) is 0 Å². The quantitative estimate of drug-likeness (QED) is 0.637. The summed E-state index contributed by atoms with van der Waals surface area (Å²) in [4.78, 5) is 11.7. The molecular weight excluding hydrogens is 188 g/mol. The van der Waals surface area contributed by atoms with Crippen LogP contribution >= 0.6 is 11.3 Å². The van der Waals surface area contributed by atoms with E-state index < -0.39 is 0 Å². The predicted octanol–water partition coefficient (Wildman–Crippen LogP) is -0.636. The Morgan fingerprint density at radius 1 is 1.77 bits per heavy atom. The number of aromatic nitrogens is 1. The molecule has 0 aliphatic heterocycles. The Morgan fingerprint density at radius 2 is 2.46 bits per heavy atom. The van der Waals surface area contributed by atoms with Crippen molar-refractivity contribution in [2.24, 2.45) is 5.73 Å². The zero-order valence-corrected chi connectivity index (χ0v) is 8.30. The number of primary amides is 1. The molecule has 0 saturated heterocycles. The SMILES string of the molecule is Cc1c(CCO)sc[n+]1CC(N)=O. The van der Waals surface area contributed by atoms with E-state index in [1.54, 1.807) is 4.57 Å². The summed E-state index contributed by atoms with van der Waals surface area (Å²) in [6.07, 6.45) is 0.641. The highest BCUT2D eigenvalue weighted by Gasteiger charge is 2.15. The molecule has 1 heterocycles. The number of amides is 1. The minimum atomic E-state index is -0.346. The van der Waals surface area contributed by atoms with E-state index in [-0.39, 0.29) is 19.1 Å². The average molecular weight is 201 g/mol. The highest BCUT2D eigenvalue weighted by atomic mass is 32.1. The normalized spacial score (nSPS) is 10.3. The lowest BCUT2D eigenvalue weighted by Crippen LogP contribution is -2.41. The minimum absolute atomic E-state index is 0.137. The second-order valence-corrected chi connectivity index (χ2v) is 3.74. The molecule has 3 N–H and O–H groups in total. The molecule has 0 atom stereocenters. The first-order valence-electron chi connectivity index (χ1n) is 4.00. The first-order valence-corrected chi connectivity index (χ1v) is 4.88. The van der Waals surface area contributed by atoms with E-state index in [1.807, 2.05) is 12.4 Å². The van der Waals surface area contributed by atoms with Crippen molar-refractivity contribution < 1.29 is 14.5 Å². The molecule has 0 fully saturated rings. The first kappa shape index (κ1) is 10.1. The van der Waals surface area contributed by atoms with Gasteiger partial charge in [-0.15, -0.1) is 0 Å². The van der Waals surface area contributed by atoms with Crippen molar-refractivity contribution in [3.63, 3.8) is 0 Å². The monoisotopic (exact) mass is 201 g/mol. The summed E-state index contributed by atoms with van der Waals surface area (Å²) in [5.41, 5.74) is 7.94. The van der Waals surface area contributed by atoms with Crippen molar-refractivity contribution in [1.82, 2.24) is 0 Å². The molecule has 72 valence electrons. The van der Waals surface area contributed by atoms with Gasteiger partial charge < -0.3 is 10.8 Å². The third-order valence-corrected chi connectivity index (χ3v) is 2.97. The van der Waals surface area contributed by atoms with E-state index in [9.17, 15) is 4.79 Å². The zero-order chi connectivity index (χ0) is 9.84. The number of nitrogens with two attached hydrogens (primary N) is 1. The van der Waals surface area contributed by atoms with E-state index >= 15 is 0 Å². The van der Waals surface area contributed by atoms with Gasteiger partial charge in [0.15, 0.2) is 5.69 Å². The zero-order valence-electron chi connectivity index (χ0n) is 7.49.